The van der Waals surface area contributed by atoms with Crippen molar-refractivity contribution in [2.75, 3.05) is 11.1 Å². The summed E-state index contributed by atoms with van der Waals surface area (Å²) in [7, 11) is 0. The second kappa shape index (κ2) is 7.78. The Morgan fingerprint density at radius 2 is 1.90 bits per heavy atom. The lowest BCUT2D eigenvalue weighted by Crippen LogP contribution is -2.29. The van der Waals surface area contributed by atoms with Gasteiger partial charge in [-0.15, -0.1) is 0 Å². The van der Waals surface area contributed by atoms with Crippen LogP contribution in [0.5, 0.6) is 0 Å². The molecule has 0 bridgehead atoms. The number of halogens is 3. The summed E-state index contributed by atoms with van der Waals surface area (Å²) >= 11 is 0. The third-order valence-electron chi connectivity index (χ3n) is 4.09. The quantitative estimate of drug-likeness (QED) is 0.474. The topological polar surface area (TPSA) is 124 Å². The zero-order valence-corrected chi connectivity index (χ0v) is 15.1. The van der Waals surface area contributed by atoms with Crippen LogP contribution in [0.25, 0.3) is 11.2 Å². The van der Waals surface area contributed by atoms with Gasteiger partial charge in [0.15, 0.2) is 11.9 Å². The van der Waals surface area contributed by atoms with Gasteiger partial charge in [-0.05, 0) is 24.6 Å². The van der Waals surface area contributed by atoms with Crippen LogP contribution in [0.1, 0.15) is 22.9 Å². The van der Waals surface area contributed by atoms with Crippen molar-refractivity contribution in [2.45, 2.75) is 25.6 Å². The predicted molar refractivity (Wildman–Crippen MR) is 97.9 cm³/mol. The fourth-order valence-electron chi connectivity index (χ4n) is 2.76. The van der Waals surface area contributed by atoms with Gasteiger partial charge in [0.1, 0.15) is 11.4 Å². The van der Waals surface area contributed by atoms with Crippen LogP contribution in [-0.2, 0) is 16.1 Å². The monoisotopic (exact) mass is 404 g/mol. The minimum absolute atomic E-state index is 0.0977. The standard InChI is InChI=1S/C18H15F3N6O2/c1-9-15-16(27-17(22)25-9)24-7-12(26-15)6-23-11-4-2-10(3-5-11)14(13(29)8-28)18(19,20)21/h2-5,7-8,14,23H,6H2,1H3,(H2,22,24,25,27). The Bertz CT molecular complexity index is 1070. The number of nitrogens with two attached hydrogens (primary N) is 1. The van der Waals surface area contributed by atoms with Crippen LogP contribution in [0.4, 0.5) is 24.8 Å². The van der Waals surface area contributed by atoms with Gasteiger partial charge in [-0.25, -0.2) is 15.0 Å². The molecule has 0 aliphatic heterocycles. The average Bonchev–Trinajstić information content (AvgIpc) is 2.66. The molecular formula is C18H15F3N6O2. The summed E-state index contributed by atoms with van der Waals surface area (Å²) in [4.78, 5) is 38.5. The summed E-state index contributed by atoms with van der Waals surface area (Å²) in [5.74, 6) is -3.92. The minimum atomic E-state index is -4.85. The highest BCUT2D eigenvalue weighted by Crippen LogP contribution is 2.35. The second-order valence-corrected chi connectivity index (χ2v) is 6.17. The van der Waals surface area contributed by atoms with E-state index in [4.69, 9.17) is 5.73 Å². The summed E-state index contributed by atoms with van der Waals surface area (Å²) in [6, 6.07) is 5.06. The number of alkyl halides is 3. The summed E-state index contributed by atoms with van der Waals surface area (Å²) in [5.41, 5.74) is 7.75. The molecule has 2 aromatic heterocycles. The number of benzene rings is 1. The SMILES string of the molecule is Cc1nc(N)nc2ncc(CNc3ccc(C(C(=O)C=O)C(F)(F)F)cc3)nc12. The lowest BCUT2D eigenvalue weighted by molar-refractivity contribution is -0.164. The molecule has 2 heterocycles. The maximum Gasteiger partial charge on any atom is 0.403 e. The molecule has 3 rings (SSSR count). The van der Waals surface area contributed by atoms with Crippen molar-refractivity contribution in [1.82, 2.24) is 19.9 Å². The Balaban J connectivity index is 1.76. The molecule has 3 aromatic rings. The summed E-state index contributed by atoms with van der Waals surface area (Å²) in [6.45, 7) is 1.96. The number of aromatic nitrogens is 4. The first-order valence-electron chi connectivity index (χ1n) is 8.34. The number of hydrogen-bond acceptors (Lipinski definition) is 8. The van der Waals surface area contributed by atoms with Gasteiger partial charge in [0.25, 0.3) is 0 Å². The number of carbonyl (C=O) groups excluding carboxylic acids is 2. The molecule has 3 N–H and O–H groups in total. The van der Waals surface area contributed by atoms with E-state index in [0.29, 0.717) is 28.2 Å². The fourth-order valence-corrected chi connectivity index (χ4v) is 2.76. The molecule has 0 fully saturated rings. The van der Waals surface area contributed by atoms with Gasteiger partial charge in [0.2, 0.25) is 11.7 Å². The maximum atomic E-state index is 13.1. The Labute approximate surface area is 162 Å². The fraction of sp³-hybridized carbons (Fsp3) is 0.222. The van der Waals surface area contributed by atoms with Crippen molar-refractivity contribution < 1.29 is 22.8 Å². The lowest BCUT2D eigenvalue weighted by Gasteiger charge is -2.17. The number of anilines is 2. The third-order valence-corrected chi connectivity index (χ3v) is 4.09. The second-order valence-electron chi connectivity index (χ2n) is 6.17. The van der Waals surface area contributed by atoms with Crippen LogP contribution in [0.15, 0.2) is 30.5 Å². The van der Waals surface area contributed by atoms with Crippen LogP contribution >= 0.6 is 0 Å². The number of ketones is 1. The molecular weight excluding hydrogens is 389 g/mol. The van der Waals surface area contributed by atoms with E-state index in [1.807, 2.05) is 0 Å². The van der Waals surface area contributed by atoms with Crippen LogP contribution in [-0.4, -0.2) is 38.2 Å². The van der Waals surface area contributed by atoms with Gasteiger partial charge in [-0.1, -0.05) is 12.1 Å². The smallest absolute Gasteiger partial charge is 0.379 e. The maximum absolute atomic E-state index is 13.1. The molecule has 1 unspecified atom stereocenters. The molecule has 150 valence electrons. The molecule has 11 heteroatoms. The first-order valence-corrected chi connectivity index (χ1v) is 8.34. The number of carbonyl (C=O) groups is 2. The number of nitrogen functional groups attached to an aromatic ring is 1. The summed E-state index contributed by atoms with van der Waals surface area (Å²) in [5, 5.41) is 3.00. The molecule has 0 aliphatic rings. The number of nitrogens with zero attached hydrogens (tertiary/aromatic N) is 4. The molecule has 0 radical (unpaired) electrons. The average molecular weight is 404 g/mol. The number of aldehydes is 1. The highest BCUT2D eigenvalue weighted by atomic mass is 19.4. The number of rotatable bonds is 6. The highest BCUT2D eigenvalue weighted by molar-refractivity contribution is 6.28. The van der Waals surface area contributed by atoms with Crippen molar-refractivity contribution in [3.8, 4) is 0 Å². The van der Waals surface area contributed by atoms with Gasteiger partial charge < -0.3 is 11.1 Å². The van der Waals surface area contributed by atoms with Crippen LogP contribution in [0.2, 0.25) is 0 Å². The molecule has 0 spiro atoms. The number of hydrogen-bond donors (Lipinski definition) is 2. The summed E-state index contributed by atoms with van der Waals surface area (Å²) < 4.78 is 39.2. The molecule has 0 aliphatic carbocycles. The van der Waals surface area contributed by atoms with Crippen molar-refractivity contribution >= 4 is 34.9 Å². The van der Waals surface area contributed by atoms with Gasteiger partial charge in [-0.3, -0.25) is 9.59 Å². The van der Waals surface area contributed by atoms with Gasteiger partial charge >= 0.3 is 6.18 Å². The van der Waals surface area contributed by atoms with Gasteiger partial charge in [0, 0.05) is 5.69 Å². The van der Waals surface area contributed by atoms with E-state index in [1.54, 1.807) is 6.92 Å². The van der Waals surface area contributed by atoms with E-state index in [0.717, 1.165) is 12.1 Å². The Hall–Kier alpha value is -3.63. The minimum Gasteiger partial charge on any atom is -0.379 e. The lowest BCUT2D eigenvalue weighted by atomic mass is 9.94. The van der Waals surface area contributed by atoms with Gasteiger partial charge in [-0.2, -0.15) is 18.2 Å². The normalized spacial score (nSPS) is 12.6. The van der Waals surface area contributed by atoms with Crippen LogP contribution < -0.4 is 11.1 Å². The molecule has 0 saturated heterocycles. The number of nitrogens with one attached hydrogen (secondary N) is 1. The molecule has 0 saturated carbocycles. The third kappa shape index (κ3) is 4.45. The van der Waals surface area contributed by atoms with Crippen molar-refractivity contribution in [3.63, 3.8) is 0 Å². The van der Waals surface area contributed by atoms with E-state index >= 15 is 0 Å². The molecule has 29 heavy (non-hydrogen) atoms. The van der Waals surface area contributed by atoms with E-state index < -0.39 is 17.9 Å². The van der Waals surface area contributed by atoms with Crippen LogP contribution in [0, 0.1) is 6.92 Å². The Morgan fingerprint density at radius 1 is 1.21 bits per heavy atom. The Morgan fingerprint density at radius 3 is 2.52 bits per heavy atom. The number of Topliss-reactive ketones (excluding diaryl/α,β-unsaturated/α-hetero) is 1. The Kier molecular flexibility index (Phi) is 5.39. The van der Waals surface area contributed by atoms with Gasteiger partial charge in [0.05, 0.1) is 24.1 Å². The molecule has 0 amide bonds. The molecule has 1 atom stereocenters. The van der Waals surface area contributed by atoms with Crippen molar-refractivity contribution in [2.24, 2.45) is 0 Å². The molecule has 1 aromatic carbocycles. The zero-order valence-electron chi connectivity index (χ0n) is 15.1. The first kappa shape index (κ1) is 20.1. The van der Waals surface area contributed by atoms with Crippen molar-refractivity contribution in [3.05, 3.63) is 47.4 Å². The first-order chi connectivity index (χ1) is 13.7. The largest absolute Gasteiger partial charge is 0.403 e. The van der Waals surface area contributed by atoms with E-state index in [-0.39, 0.29) is 24.3 Å². The number of fused-ring (bicyclic) bond motifs is 1. The van der Waals surface area contributed by atoms with Crippen molar-refractivity contribution in [1.29, 1.82) is 0 Å². The van der Waals surface area contributed by atoms with E-state index in [2.05, 4.69) is 25.3 Å². The number of aryl methyl sites for hydroxylation is 1. The van der Waals surface area contributed by atoms with E-state index in [9.17, 15) is 22.8 Å². The molecule has 8 nitrogen and oxygen atoms in total. The zero-order chi connectivity index (χ0) is 21.2. The van der Waals surface area contributed by atoms with E-state index in [1.165, 1.54) is 18.3 Å². The predicted octanol–water partition coefficient (Wildman–Crippen LogP) is 2.34. The highest BCUT2D eigenvalue weighted by Gasteiger charge is 2.45. The summed E-state index contributed by atoms with van der Waals surface area (Å²) in [6.07, 6.45) is -3.67. The van der Waals surface area contributed by atoms with Crippen LogP contribution in [0.3, 0.4) is 0 Å².